The number of hydrogen-bond donors (Lipinski definition) is 1. The SMILES string of the molecule is CNCc1oc(CN(C)CC2CCCCO2)cc1C. The van der Waals surface area contributed by atoms with Crippen molar-refractivity contribution in [1.82, 2.24) is 10.2 Å². The fraction of sp³-hybridized carbons (Fsp3) is 0.733. The minimum Gasteiger partial charge on any atom is -0.463 e. The molecule has 2 heterocycles. The summed E-state index contributed by atoms with van der Waals surface area (Å²) in [5.41, 5.74) is 1.23. The summed E-state index contributed by atoms with van der Waals surface area (Å²) >= 11 is 0. The number of nitrogens with one attached hydrogen (secondary N) is 1. The second kappa shape index (κ2) is 7.08. The highest BCUT2D eigenvalue weighted by atomic mass is 16.5. The molecule has 1 unspecified atom stereocenters. The molecule has 1 fully saturated rings. The summed E-state index contributed by atoms with van der Waals surface area (Å²) in [6.07, 6.45) is 4.09. The summed E-state index contributed by atoms with van der Waals surface area (Å²) in [6.45, 7) is 5.65. The van der Waals surface area contributed by atoms with E-state index in [1.165, 1.54) is 24.8 Å². The smallest absolute Gasteiger partial charge is 0.120 e. The van der Waals surface area contributed by atoms with Gasteiger partial charge < -0.3 is 14.5 Å². The Balaban J connectivity index is 1.83. The van der Waals surface area contributed by atoms with Crippen LogP contribution in [0.4, 0.5) is 0 Å². The van der Waals surface area contributed by atoms with Crippen molar-refractivity contribution < 1.29 is 9.15 Å². The third-order valence-corrected chi connectivity index (χ3v) is 3.62. The Morgan fingerprint density at radius 1 is 1.42 bits per heavy atom. The van der Waals surface area contributed by atoms with Crippen molar-refractivity contribution in [1.29, 1.82) is 0 Å². The van der Waals surface area contributed by atoms with Crippen molar-refractivity contribution in [3.05, 3.63) is 23.2 Å². The second-order valence-corrected chi connectivity index (χ2v) is 5.53. The lowest BCUT2D eigenvalue weighted by molar-refractivity contribution is -0.00342. The topological polar surface area (TPSA) is 37.6 Å². The van der Waals surface area contributed by atoms with E-state index in [9.17, 15) is 0 Å². The highest BCUT2D eigenvalue weighted by Crippen LogP contribution is 2.18. The molecule has 1 saturated heterocycles. The number of ether oxygens (including phenoxy) is 1. The van der Waals surface area contributed by atoms with Crippen LogP contribution in [-0.2, 0) is 17.8 Å². The summed E-state index contributed by atoms with van der Waals surface area (Å²) < 4.78 is 11.6. The van der Waals surface area contributed by atoms with Crippen LogP contribution in [0.5, 0.6) is 0 Å². The highest BCUT2D eigenvalue weighted by Gasteiger charge is 2.17. The van der Waals surface area contributed by atoms with Gasteiger partial charge in [0.1, 0.15) is 11.5 Å². The molecule has 2 rings (SSSR count). The average Bonchev–Trinajstić information content (AvgIpc) is 2.71. The largest absolute Gasteiger partial charge is 0.463 e. The van der Waals surface area contributed by atoms with Gasteiger partial charge in [0.05, 0.1) is 19.2 Å². The average molecular weight is 266 g/mol. The maximum Gasteiger partial charge on any atom is 0.120 e. The molecule has 4 nitrogen and oxygen atoms in total. The Bertz CT molecular complexity index is 383. The van der Waals surface area contributed by atoms with Gasteiger partial charge in [-0.05, 0) is 51.9 Å². The first-order chi connectivity index (χ1) is 9.19. The first-order valence-corrected chi connectivity index (χ1v) is 7.22. The molecule has 1 aromatic heterocycles. The van der Waals surface area contributed by atoms with Crippen LogP contribution in [0, 0.1) is 6.92 Å². The number of nitrogens with zero attached hydrogens (tertiary/aromatic N) is 1. The van der Waals surface area contributed by atoms with E-state index in [0.717, 1.165) is 37.8 Å². The summed E-state index contributed by atoms with van der Waals surface area (Å²) in [4.78, 5) is 2.29. The lowest BCUT2D eigenvalue weighted by Crippen LogP contribution is -2.32. The first kappa shape index (κ1) is 14.6. The first-order valence-electron chi connectivity index (χ1n) is 7.22. The molecule has 1 N–H and O–H groups in total. The normalized spacial score (nSPS) is 20.1. The molecule has 0 aliphatic carbocycles. The van der Waals surface area contributed by atoms with Gasteiger partial charge in [-0.2, -0.15) is 0 Å². The Morgan fingerprint density at radius 3 is 2.95 bits per heavy atom. The Kier molecular flexibility index (Phi) is 5.43. The van der Waals surface area contributed by atoms with Crippen LogP contribution in [-0.4, -0.2) is 38.3 Å². The predicted octanol–water partition coefficient (Wildman–Crippen LogP) is 2.31. The van der Waals surface area contributed by atoms with Gasteiger partial charge in [-0.25, -0.2) is 0 Å². The second-order valence-electron chi connectivity index (χ2n) is 5.53. The van der Waals surface area contributed by atoms with Gasteiger partial charge in [0.15, 0.2) is 0 Å². The van der Waals surface area contributed by atoms with E-state index >= 15 is 0 Å². The van der Waals surface area contributed by atoms with Crippen molar-refractivity contribution in [2.45, 2.75) is 45.4 Å². The lowest BCUT2D eigenvalue weighted by atomic mass is 10.1. The third-order valence-electron chi connectivity index (χ3n) is 3.62. The van der Waals surface area contributed by atoms with E-state index in [4.69, 9.17) is 9.15 Å². The van der Waals surface area contributed by atoms with Gasteiger partial charge in [0, 0.05) is 13.2 Å². The standard InChI is InChI=1S/C15H26N2O2/c1-12-8-14(19-15(12)9-16-2)11-17(3)10-13-6-4-5-7-18-13/h8,13,16H,4-7,9-11H2,1-3H3. The number of aryl methyl sites for hydroxylation is 1. The third kappa shape index (κ3) is 4.34. The highest BCUT2D eigenvalue weighted by molar-refractivity contribution is 5.19. The van der Waals surface area contributed by atoms with E-state index in [2.05, 4.69) is 30.3 Å². The van der Waals surface area contributed by atoms with Gasteiger partial charge >= 0.3 is 0 Å². The van der Waals surface area contributed by atoms with Crippen LogP contribution < -0.4 is 5.32 Å². The molecule has 1 aliphatic rings. The Morgan fingerprint density at radius 2 is 2.26 bits per heavy atom. The van der Waals surface area contributed by atoms with Gasteiger partial charge in [-0.1, -0.05) is 0 Å². The number of likely N-dealkylation sites (N-methyl/N-ethyl adjacent to an activating group) is 1. The molecule has 0 spiro atoms. The van der Waals surface area contributed by atoms with Crippen LogP contribution in [0.2, 0.25) is 0 Å². The summed E-state index contributed by atoms with van der Waals surface area (Å²) in [5.74, 6) is 2.08. The lowest BCUT2D eigenvalue weighted by Gasteiger charge is -2.26. The van der Waals surface area contributed by atoms with Crippen molar-refractivity contribution in [2.75, 3.05) is 27.2 Å². The molecule has 0 saturated carbocycles. The maximum atomic E-state index is 5.87. The maximum absolute atomic E-state index is 5.87. The predicted molar refractivity (Wildman–Crippen MR) is 76.1 cm³/mol. The van der Waals surface area contributed by atoms with Crippen LogP contribution >= 0.6 is 0 Å². The van der Waals surface area contributed by atoms with Crippen molar-refractivity contribution in [3.8, 4) is 0 Å². The van der Waals surface area contributed by atoms with Gasteiger partial charge in [0.2, 0.25) is 0 Å². The molecule has 19 heavy (non-hydrogen) atoms. The summed E-state index contributed by atoms with van der Waals surface area (Å²) in [5, 5.41) is 3.13. The molecule has 0 bridgehead atoms. The zero-order chi connectivity index (χ0) is 13.7. The van der Waals surface area contributed by atoms with Crippen LogP contribution in [0.3, 0.4) is 0 Å². The van der Waals surface area contributed by atoms with Gasteiger partial charge in [-0.15, -0.1) is 0 Å². The van der Waals surface area contributed by atoms with E-state index in [-0.39, 0.29) is 0 Å². The van der Waals surface area contributed by atoms with Crippen LogP contribution in [0.1, 0.15) is 36.3 Å². The summed E-state index contributed by atoms with van der Waals surface area (Å²) in [7, 11) is 4.07. The van der Waals surface area contributed by atoms with Crippen LogP contribution in [0.25, 0.3) is 0 Å². The monoisotopic (exact) mass is 266 g/mol. The van der Waals surface area contributed by atoms with Crippen LogP contribution in [0.15, 0.2) is 10.5 Å². The van der Waals surface area contributed by atoms with Gasteiger partial charge in [0.25, 0.3) is 0 Å². The minimum atomic E-state index is 0.395. The van der Waals surface area contributed by atoms with Crippen molar-refractivity contribution in [3.63, 3.8) is 0 Å². The molecule has 4 heteroatoms. The zero-order valence-corrected chi connectivity index (χ0v) is 12.4. The van der Waals surface area contributed by atoms with E-state index in [1.807, 2.05) is 7.05 Å². The molecule has 0 radical (unpaired) electrons. The van der Waals surface area contributed by atoms with E-state index in [1.54, 1.807) is 0 Å². The number of rotatable bonds is 6. The van der Waals surface area contributed by atoms with Gasteiger partial charge in [-0.3, -0.25) is 4.90 Å². The molecule has 108 valence electrons. The fourth-order valence-electron chi connectivity index (χ4n) is 2.63. The minimum absolute atomic E-state index is 0.395. The molecular weight excluding hydrogens is 240 g/mol. The Hall–Kier alpha value is -0.840. The molecule has 1 aromatic rings. The number of hydrogen-bond acceptors (Lipinski definition) is 4. The summed E-state index contributed by atoms with van der Waals surface area (Å²) in [6, 6.07) is 2.14. The quantitative estimate of drug-likeness (QED) is 0.857. The molecule has 1 atom stereocenters. The van der Waals surface area contributed by atoms with Crippen molar-refractivity contribution >= 4 is 0 Å². The molecular formula is C15H26N2O2. The molecule has 0 amide bonds. The fourth-order valence-corrected chi connectivity index (χ4v) is 2.63. The van der Waals surface area contributed by atoms with E-state index in [0.29, 0.717) is 6.10 Å². The van der Waals surface area contributed by atoms with E-state index < -0.39 is 0 Å². The molecule has 0 aromatic carbocycles. The number of furan rings is 1. The Labute approximate surface area is 116 Å². The van der Waals surface area contributed by atoms with Crippen molar-refractivity contribution in [2.24, 2.45) is 0 Å². The molecule has 1 aliphatic heterocycles. The zero-order valence-electron chi connectivity index (χ0n) is 12.4.